The van der Waals surface area contributed by atoms with Gasteiger partial charge in [0.05, 0.1) is 0 Å². The molecule has 0 spiro atoms. The first-order valence-corrected chi connectivity index (χ1v) is 11.0. The van der Waals surface area contributed by atoms with Crippen molar-refractivity contribution in [3.8, 4) is 0 Å². The topological polar surface area (TPSA) is 37.4 Å². The molecule has 1 aliphatic rings. The van der Waals surface area contributed by atoms with Crippen molar-refractivity contribution < 1.29 is 9.59 Å². The molecule has 0 atom stereocenters. The van der Waals surface area contributed by atoms with Crippen LogP contribution in [0.2, 0.25) is 0 Å². The number of benzene rings is 3. The molecule has 0 bridgehead atoms. The summed E-state index contributed by atoms with van der Waals surface area (Å²) in [4.78, 5) is 27.7. The lowest BCUT2D eigenvalue weighted by atomic mass is 9.88. The lowest BCUT2D eigenvalue weighted by molar-refractivity contribution is 0.0838. The fraction of sp³-hybridized carbons (Fsp3) is 0.333. The van der Waals surface area contributed by atoms with E-state index in [9.17, 15) is 9.59 Å². The Morgan fingerprint density at radius 1 is 0.867 bits per heavy atom. The molecule has 1 heterocycles. The summed E-state index contributed by atoms with van der Waals surface area (Å²) in [5.41, 5.74) is 2.81. The zero-order chi connectivity index (χ0) is 20.9. The van der Waals surface area contributed by atoms with E-state index in [2.05, 4.69) is 17.0 Å². The van der Waals surface area contributed by atoms with Gasteiger partial charge in [0.25, 0.3) is 0 Å². The van der Waals surface area contributed by atoms with E-state index in [0.717, 1.165) is 55.4 Å². The normalized spacial score (nSPS) is 15.4. The highest BCUT2D eigenvalue weighted by molar-refractivity contribution is 6.01. The molecule has 0 radical (unpaired) electrons. The van der Waals surface area contributed by atoms with Crippen LogP contribution < -0.4 is 0 Å². The molecule has 1 saturated heterocycles. The van der Waals surface area contributed by atoms with Gasteiger partial charge in [-0.25, -0.2) is 0 Å². The first-order chi connectivity index (χ1) is 14.6. The third kappa shape index (κ3) is 4.85. The van der Waals surface area contributed by atoms with Crippen molar-refractivity contribution in [1.82, 2.24) is 4.90 Å². The van der Waals surface area contributed by atoms with Crippen LogP contribution in [0.15, 0.2) is 66.7 Å². The number of hydrogen-bond acceptors (Lipinski definition) is 3. The van der Waals surface area contributed by atoms with Gasteiger partial charge in [-0.05, 0) is 62.7 Å². The standard InChI is InChI=1S/C27H29NO2/c1-20-8-10-22(11-9-20)26(29)7-4-16-28-17-14-23(15-18-28)27(30)25-13-12-21-5-2-3-6-24(21)19-25/h2-3,5-6,8-13,19,23H,4,7,14-18H2,1H3. The van der Waals surface area contributed by atoms with E-state index in [-0.39, 0.29) is 17.5 Å². The average Bonchev–Trinajstić information content (AvgIpc) is 2.79. The maximum Gasteiger partial charge on any atom is 0.166 e. The highest BCUT2D eigenvalue weighted by Crippen LogP contribution is 2.24. The van der Waals surface area contributed by atoms with E-state index in [1.54, 1.807) is 0 Å². The smallest absolute Gasteiger partial charge is 0.166 e. The van der Waals surface area contributed by atoms with Gasteiger partial charge in [-0.1, -0.05) is 66.2 Å². The quantitative estimate of drug-likeness (QED) is 0.478. The Bertz CT molecular complexity index is 1030. The minimum Gasteiger partial charge on any atom is -0.303 e. The second-order valence-corrected chi connectivity index (χ2v) is 8.43. The van der Waals surface area contributed by atoms with Crippen LogP contribution in [0.25, 0.3) is 10.8 Å². The summed E-state index contributed by atoms with van der Waals surface area (Å²) in [6, 6.07) is 22.0. The molecule has 0 aromatic heterocycles. The van der Waals surface area contributed by atoms with Gasteiger partial charge in [0.15, 0.2) is 11.6 Å². The second kappa shape index (κ2) is 9.36. The molecule has 3 nitrogen and oxygen atoms in total. The molecule has 4 rings (SSSR count). The third-order valence-electron chi connectivity index (χ3n) is 6.24. The summed E-state index contributed by atoms with van der Waals surface area (Å²) in [6.45, 7) is 4.82. The Morgan fingerprint density at radius 3 is 2.27 bits per heavy atom. The van der Waals surface area contributed by atoms with E-state index in [1.807, 2.05) is 61.5 Å². The van der Waals surface area contributed by atoms with Crippen molar-refractivity contribution in [3.05, 3.63) is 83.4 Å². The molecule has 3 heteroatoms. The van der Waals surface area contributed by atoms with Gasteiger partial charge in [0.2, 0.25) is 0 Å². The van der Waals surface area contributed by atoms with Crippen LogP contribution >= 0.6 is 0 Å². The molecule has 1 fully saturated rings. The van der Waals surface area contributed by atoms with Gasteiger partial charge < -0.3 is 4.90 Å². The summed E-state index contributed by atoms with van der Waals surface area (Å²) in [5, 5.41) is 2.29. The third-order valence-corrected chi connectivity index (χ3v) is 6.24. The zero-order valence-electron chi connectivity index (χ0n) is 17.6. The number of carbonyl (C=O) groups is 2. The van der Waals surface area contributed by atoms with Gasteiger partial charge in [0.1, 0.15) is 0 Å². The molecule has 0 amide bonds. The van der Waals surface area contributed by atoms with Crippen LogP contribution in [0.5, 0.6) is 0 Å². The Morgan fingerprint density at radius 2 is 1.53 bits per heavy atom. The Balaban J connectivity index is 1.24. The summed E-state index contributed by atoms with van der Waals surface area (Å²) in [7, 11) is 0. The molecule has 0 saturated carbocycles. The minimum absolute atomic E-state index is 0.108. The summed E-state index contributed by atoms with van der Waals surface area (Å²) in [6.07, 6.45) is 3.25. The predicted octanol–water partition coefficient (Wildman–Crippen LogP) is 5.71. The fourth-order valence-corrected chi connectivity index (χ4v) is 4.34. The van der Waals surface area contributed by atoms with Crippen LogP contribution in [0.1, 0.15) is 52.0 Å². The number of piperidine rings is 1. The van der Waals surface area contributed by atoms with Crippen molar-refractivity contribution >= 4 is 22.3 Å². The number of likely N-dealkylation sites (tertiary alicyclic amines) is 1. The predicted molar refractivity (Wildman–Crippen MR) is 122 cm³/mol. The zero-order valence-corrected chi connectivity index (χ0v) is 17.6. The van der Waals surface area contributed by atoms with Crippen molar-refractivity contribution in [2.75, 3.05) is 19.6 Å². The van der Waals surface area contributed by atoms with Gasteiger partial charge in [-0.3, -0.25) is 9.59 Å². The summed E-state index contributed by atoms with van der Waals surface area (Å²) < 4.78 is 0. The van der Waals surface area contributed by atoms with E-state index >= 15 is 0 Å². The van der Waals surface area contributed by atoms with Crippen LogP contribution in [0, 0.1) is 12.8 Å². The van der Waals surface area contributed by atoms with Gasteiger partial charge in [0, 0.05) is 23.5 Å². The summed E-state index contributed by atoms with van der Waals surface area (Å²) >= 11 is 0. The first kappa shape index (κ1) is 20.5. The van der Waals surface area contributed by atoms with Gasteiger partial charge in [-0.2, -0.15) is 0 Å². The largest absolute Gasteiger partial charge is 0.303 e. The average molecular weight is 400 g/mol. The fourth-order valence-electron chi connectivity index (χ4n) is 4.34. The lowest BCUT2D eigenvalue weighted by Gasteiger charge is -2.31. The van der Waals surface area contributed by atoms with E-state index < -0.39 is 0 Å². The van der Waals surface area contributed by atoms with Gasteiger partial charge in [-0.15, -0.1) is 0 Å². The van der Waals surface area contributed by atoms with E-state index in [0.29, 0.717) is 6.42 Å². The minimum atomic E-state index is 0.108. The number of nitrogens with zero attached hydrogens (tertiary/aromatic N) is 1. The van der Waals surface area contributed by atoms with E-state index in [4.69, 9.17) is 0 Å². The van der Waals surface area contributed by atoms with Crippen molar-refractivity contribution in [1.29, 1.82) is 0 Å². The summed E-state index contributed by atoms with van der Waals surface area (Å²) in [5.74, 6) is 0.600. The molecule has 154 valence electrons. The number of carbonyl (C=O) groups excluding carboxylic acids is 2. The highest BCUT2D eigenvalue weighted by atomic mass is 16.1. The number of fused-ring (bicyclic) bond motifs is 1. The van der Waals surface area contributed by atoms with Gasteiger partial charge >= 0.3 is 0 Å². The molecule has 3 aromatic carbocycles. The number of aryl methyl sites for hydroxylation is 1. The van der Waals surface area contributed by atoms with Crippen molar-refractivity contribution in [2.45, 2.75) is 32.6 Å². The van der Waals surface area contributed by atoms with Crippen molar-refractivity contribution in [3.63, 3.8) is 0 Å². The molecule has 30 heavy (non-hydrogen) atoms. The Kier molecular flexibility index (Phi) is 6.39. The van der Waals surface area contributed by atoms with Crippen LogP contribution in [-0.4, -0.2) is 36.1 Å². The number of ketones is 2. The molecular weight excluding hydrogens is 370 g/mol. The molecule has 0 unspecified atom stereocenters. The molecular formula is C27H29NO2. The van der Waals surface area contributed by atoms with Crippen LogP contribution in [-0.2, 0) is 0 Å². The Labute approximate surface area is 178 Å². The lowest BCUT2D eigenvalue weighted by Crippen LogP contribution is -2.37. The first-order valence-electron chi connectivity index (χ1n) is 11.0. The highest BCUT2D eigenvalue weighted by Gasteiger charge is 2.25. The van der Waals surface area contributed by atoms with Crippen LogP contribution in [0.4, 0.5) is 0 Å². The molecule has 0 aliphatic carbocycles. The number of rotatable bonds is 7. The molecule has 0 N–H and O–H groups in total. The molecule has 3 aromatic rings. The maximum atomic E-state index is 13.0. The number of hydrogen-bond donors (Lipinski definition) is 0. The van der Waals surface area contributed by atoms with Crippen LogP contribution in [0.3, 0.4) is 0 Å². The maximum absolute atomic E-state index is 13.0. The van der Waals surface area contributed by atoms with Crippen molar-refractivity contribution in [2.24, 2.45) is 5.92 Å². The monoisotopic (exact) mass is 399 g/mol. The van der Waals surface area contributed by atoms with E-state index in [1.165, 1.54) is 10.9 Å². The molecule has 1 aliphatic heterocycles. The second-order valence-electron chi connectivity index (χ2n) is 8.43. The number of Topliss-reactive ketones (excluding diaryl/α,β-unsaturated/α-hetero) is 2. The Hall–Kier alpha value is -2.78. The SMILES string of the molecule is Cc1ccc(C(=O)CCCN2CCC(C(=O)c3ccc4ccccc4c3)CC2)cc1.